The first-order chi connectivity index (χ1) is 6.59. The molecule has 0 rings (SSSR count). The van der Waals surface area contributed by atoms with Gasteiger partial charge in [0, 0.05) is 6.54 Å². The molecule has 0 bridgehead atoms. The van der Waals surface area contributed by atoms with E-state index in [2.05, 4.69) is 4.84 Å². The van der Waals surface area contributed by atoms with Crippen molar-refractivity contribution in [1.82, 2.24) is 4.47 Å². The summed E-state index contributed by atoms with van der Waals surface area (Å²) in [6.07, 6.45) is -4.66. The van der Waals surface area contributed by atoms with E-state index < -0.39 is 28.7 Å². The lowest BCUT2D eigenvalue weighted by Crippen LogP contribution is -2.40. The van der Waals surface area contributed by atoms with Crippen molar-refractivity contribution in [2.75, 3.05) is 19.3 Å². The van der Waals surface area contributed by atoms with E-state index in [0.717, 1.165) is 0 Å². The van der Waals surface area contributed by atoms with Crippen LogP contribution in [-0.4, -0.2) is 44.4 Å². The van der Waals surface area contributed by atoms with Crippen molar-refractivity contribution >= 4 is 16.0 Å². The van der Waals surface area contributed by atoms with Crippen LogP contribution in [0.15, 0.2) is 0 Å². The highest BCUT2D eigenvalue weighted by Crippen LogP contribution is 2.17. The van der Waals surface area contributed by atoms with E-state index in [0.29, 0.717) is 6.26 Å². The standard InChI is InChI=1S/C5H9F3N2O4S/c1-15(12,13)10(3-2-9)14-4(11)5(6,7)8/h2-3,9H2,1H3. The van der Waals surface area contributed by atoms with Gasteiger partial charge in [-0.1, -0.05) is 0 Å². The maximum Gasteiger partial charge on any atom is 0.492 e. The van der Waals surface area contributed by atoms with Gasteiger partial charge in [-0.05, 0) is 4.47 Å². The van der Waals surface area contributed by atoms with Gasteiger partial charge in [0.15, 0.2) is 0 Å². The Morgan fingerprint density at radius 2 is 1.93 bits per heavy atom. The Morgan fingerprint density at radius 3 is 2.20 bits per heavy atom. The Hall–Kier alpha value is -0.870. The zero-order chi connectivity index (χ0) is 12.3. The number of hydroxylamine groups is 1. The summed E-state index contributed by atoms with van der Waals surface area (Å²) in [7, 11) is -4.07. The molecular formula is C5H9F3N2O4S. The molecule has 15 heavy (non-hydrogen) atoms. The second-order valence-electron chi connectivity index (χ2n) is 2.45. The molecule has 0 amide bonds. The van der Waals surface area contributed by atoms with Crippen LogP contribution in [0.2, 0.25) is 0 Å². The molecule has 0 heterocycles. The Bertz CT molecular complexity index is 326. The third-order valence-corrected chi connectivity index (χ3v) is 2.09. The normalized spacial score (nSPS) is 12.9. The predicted molar refractivity (Wildman–Crippen MR) is 42.8 cm³/mol. The quantitative estimate of drug-likeness (QED) is 0.661. The summed E-state index contributed by atoms with van der Waals surface area (Å²) < 4.78 is 56.6. The van der Waals surface area contributed by atoms with Crippen molar-refractivity contribution in [3.63, 3.8) is 0 Å². The fourth-order valence-electron chi connectivity index (χ4n) is 0.529. The van der Waals surface area contributed by atoms with Crippen molar-refractivity contribution in [1.29, 1.82) is 0 Å². The second-order valence-corrected chi connectivity index (χ2v) is 4.33. The zero-order valence-corrected chi connectivity index (χ0v) is 8.43. The Kier molecular flexibility index (Phi) is 4.49. The maximum absolute atomic E-state index is 11.7. The van der Waals surface area contributed by atoms with Crippen molar-refractivity contribution in [2.24, 2.45) is 5.73 Å². The molecule has 0 unspecified atom stereocenters. The predicted octanol–water partition coefficient (Wildman–Crippen LogP) is -0.773. The summed E-state index contributed by atoms with van der Waals surface area (Å²) >= 11 is 0. The number of hydrogen-bond donors (Lipinski definition) is 1. The first-order valence-electron chi connectivity index (χ1n) is 3.56. The van der Waals surface area contributed by atoms with E-state index in [1.807, 2.05) is 0 Å². The van der Waals surface area contributed by atoms with E-state index in [4.69, 9.17) is 5.73 Å². The van der Waals surface area contributed by atoms with Crippen molar-refractivity contribution < 1.29 is 31.2 Å². The lowest BCUT2D eigenvalue weighted by molar-refractivity contribution is -0.222. The molecule has 90 valence electrons. The number of hydrogen-bond acceptors (Lipinski definition) is 5. The van der Waals surface area contributed by atoms with Gasteiger partial charge in [0.05, 0.1) is 12.8 Å². The van der Waals surface area contributed by atoms with Crippen LogP contribution in [0.3, 0.4) is 0 Å². The van der Waals surface area contributed by atoms with Crippen molar-refractivity contribution in [3.8, 4) is 0 Å². The zero-order valence-electron chi connectivity index (χ0n) is 7.61. The van der Waals surface area contributed by atoms with Gasteiger partial charge in [-0.2, -0.15) is 13.2 Å². The minimum absolute atomic E-state index is 0.108. The number of halogens is 3. The van der Waals surface area contributed by atoms with Crippen LogP contribution < -0.4 is 5.73 Å². The largest absolute Gasteiger partial charge is 0.492 e. The molecular weight excluding hydrogens is 241 g/mol. The van der Waals surface area contributed by atoms with E-state index in [1.54, 1.807) is 0 Å². The fraction of sp³-hybridized carbons (Fsp3) is 0.800. The van der Waals surface area contributed by atoms with Gasteiger partial charge in [-0.25, -0.2) is 13.2 Å². The van der Waals surface area contributed by atoms with Gasteiger partial charge in [-0.15, -0.1) is 0 Å². The minimum atomic E-state index is -5.25. The molecule has 0 aliphatic heterocycles. The molecule has 2 N–H and O–H groups in total. The third-order valence-electron chi connectivity index (χ3n) is 1.10. The fourth-order valence-corrected chi connectivity index (χ4v) is 1.17. The maximum atomic E-state index is 11.7. The Morgan fingerprint density at radius 1 is 1.47 bits per heavy atom. The van der Waals surface area contributed by atoms with Crippen LogP contribution in [-0.2, 0) is 19.7 Å². The second kappa shape index (κ2) is 4.77. The Balaban J connectivity index is 4.65. The number of carbonyl (C=O) groups is 1. The third kappa shape index (κ3) is 4.95. The van der Waals surface area contributed by atoms with Crippen LogP contribution in [0.4, 0.5) is 13.2 Å². The smallest absolute Gasteiger partial charge is 0.345 e. The number of rotatable bonds is 4. The van der Waals surface area contributed by atoms with Gasteiger partial charge in [0.1, 0.15) is 0 Å². The van der Waals surface area contributed by atoms with Gasteiger partial charge in [0.25, 0.3) is 0 Å². The van der Waals surface area contributed by atoms with Crippen LogP contribution >= 0.6 is 0 Å². The van der Waals surface area contributed by atoms with Crippen molar-refractivity contribution in [3.05, 3.63) is 0 Å². The molecule has 0 aromatic heterocycles. The van der Waals surface area contributed by atoms with Crippen molar-refractivity contribution in [2.45, 2.75) is 6.18 Å². The van der Waals surface area contributed by atoms with E-state index in [9.17, 15) is 26.4 Å². The van der Waals surface area contributed by atoms with E-state index >= 15 is 0 Å². The molecule has 0 radical (unpaired) electrons. The number of carbonyl (C=O) groups excluding carboxylic acids is 1. The van der Waals surface area contributed by atoms with Crippen LogP contribution in [0.25, 0.3) is 0 Å². The summed E-state index contributed by atoms with van der Waals surface area (Å²) in [6, 6.07) is 0. The highest BCUT2D eigenvalue weighted by atomic mass is 32.2. The SMILES string of the molecule is CS(=O)(=O)N(CCN)OC(=O)C(F)(F)F. The van der Waals surface area contributed by atoms with Gasteiger partial charge in [0.2, 0.25) is 10.0 Å². The molecule has 0 aromatic rings. The average molecular weight is 250 g/mol. The summed E-state index contributed by atoms with van der Waals surface area (Å²) in [4.78, 5) is 13.9. The topological polar surface area (TPSA) is 89.7 Å². The monoisotopic (exact) mass is 250 g/mol. The molecule has 0 atom stereocenters. The average Bonchev–Trinajstić information content (AvgIpc) is 1.99. The van der Waals surface area contributed by atoms with Crippen LogP contribution in [0, 0.1) is 0 Å². The molecule has 6 nitrogen and oxygen atoms in total. The van der Waals surface area contributed by atoms with Gasteiger partial charge < -0.3 is 10.6 Å². The molecule has 0 saturated carbocycles. The highest BCUT2D eigenvalue weighted by Gasteiger charge is 2.43. The number of nitrogens with two attached hydrogens (primary N) is 1. The molecule has 0 aliphatic carbocycles. The number of sulfonamides is 1. The summed E-state index contributed by atoms with van der Waals surface area (Å²) in [5, 5.41) is 0. The molecule has 0 saturated heterocycles. The molecule has 0 aromatic carbocycles. The minimum Gasteiger partial charge on any atom is -0.345 e. The first-order valence-corrected chi connectivity index (χ1v) is 5.40. The molecule has 0 fully saturated rings. The highest BCUT2D eigenvalue weighted by molar-refractivity contribution is 7.88. The van der Waals surface area contributed by atoms with Crippen LogP contribution in [0.1, 0.15) is 0 Å². The summed E-state index contributed by atoms with van der Waals surface area (Å²) in [5.41, 5.74) is 4.93. The van der Waals surface area contributed by atoms with Gasteiger partial charge in [-0.3, -0.25) is 0 Å². The van der Waals surface area contributed by atoms with Crippen LogP contribution in [0.5, 0.6) is 0 Å². The first kappa shape index (κ1) is 14.1. The summed E-state index contributed by atoms with van der Waals surface area (Å²) in [6.45, 7) is -0.821. The molecule has 10 heteroatoms. The lowest BCUT2D eigenvalue weighted by atomic mass is 10.7. The summed E-state index contributed by atoms with van der Waals surface area (Å²) in [5.74, 6) is -2.61. The van der Waals surface area contributed by atoms with E-state index in [1.165, 1.54) is 0 Å². The lowest BCUT2D eigenvalue weighted by Gasteiger charge is -2.18. The molecule has 0 spiro atoms. The Labute approximate surface area is 83.8 Å². The molecule has 0 aliphatic rings. The number of nitrogens with zero attached hydrogens (tertiary/aromatic N) is 1. The number of alkyl halides is 3. The van der Waals surface area contributed by atoms with Gasteiger partial charge >= 0.3 is 12.1 Å². The van der Waals surface area contributed by atoms with E-state index in [-0.39, 0.29) is 11.0 Å².